The molecular formula is C15H22O. The van der Waals surface area contributed by atoms with E-state index in [9.17, 15) is 5.11 Å². The van der Waals surface area contributed by atoms with E-state index in [1.165, 1.54) is 35.1 Å². The highest BCUT2D eigenvalue weighted by Gasteiger charge is 2.26. The third kappa shape index (κ3) is 2.15. The van der Waals surface area contributed by atoms with Crippen molar-refractivity contribution in [1.82, 2.24) is 0 Å². The van der Waals surface area contributed by atoms with Gasteiger partial charge in [-0.3, -0.25) is 0 Å². The first kappa shape index (κ1) is 11.7. The second kappa shape index (κ2) is 4.58. The molecule has 2 rings (SSSR count). The smallest absolute Gasteiger partial charge is 0.0608 e. The highest BCUT2D eigenvalue weighted by Crippen LogP contribution is 2.36. The number of aliphatic hydroxyl groups is 1. The van der Waals surface area contributed by atoms with Gasteiger partial charge in [0.2, 0.25) is 0 Å². The Morgan fingerprint density at radius 3 is 2.12 bits per heavy atom. The summed E-state index contributed by atoms with van der Waals surface area (Å²) in [6.45, 7) is 6.49. The van der Waals surface area contributed by atoms with Crippen LogP contribution in [0.15, 0.2) is 12.1 Å². The fourth-order valence-corrected chi connectivity index (χ4v) is 3.22. The van der Waals surface area contributed by atoms with Crippen LogP contribution in [0.2, 0.25) is 0 Å². The van der Waals surface area contributed by atoms with Crippen molar-refractivity contribution in [3.63, 3.8) is 0 Å². The van der Waals surface area contributed by atoms with Gasteiger partial charge >= 0.3 is 0 Å². The Balaban J connectivity index is 2.38. The highest BCUT2D eigenvalue weighted by atomic mass is 16.3. The van der Waals surface area contributed by atoms with Crippen molar-refractivity contribution in [2.75, 3.05) is 0 Å². The lowest BCUT2D eigenvalue weighted by atomic mass is 9.78. The van der Waals surface area contributed by atoms with Crippen LogP contribution >= 0.6 is 0 Å². The number of aliphatic hydroxyl groups excluding tert-OH is 1. The van der Waals surface area contributed by atoms with Crippen LogP contribution in [0.5, 0.6) is 0 Å². The third-order valence-electron chi connectivity index (χ3n) is 3.84. The van der Waals surface area contributed by atoms with Crippen LogP contribution in [0.4, 0.5) is 0 Å². The second-order valence-electron chi connectivity index (χ2n) is 5.27. The number of benzene rings is 1. The Bertz CT molecular complexity index is 358. The molecule has 1 nitrogen and oxygen atoms in total. The lowest BCUT2D eigenvalue weighted by Gasteiger charge is -2.30. The normalized spacial score (nSPS) is 25.8. The molecule has 1 heteroatoms. The summed E-state index contributed by atoms with van der Waals surface area (Å²) in [5.74, 6) is 0.370. The fraction of sp³-hybridized carbons (Fsp3) is 0.600. The zero-order valence-corrected chi connectivity index (χ0v) is 10.6. The van der Waals surface area contributed by atoms with Gasteiger partial charge in [-0.15, -0.1) is 0 Å². The largest absolute Gasteiger partial charge is 0.392 e. The van der Waals surface area contributed by atoms with E-state index in [4.69, 9.17) is 0 Å². The summed E-state index contributed by atoms with van der Waals surface area (Å²) < 4.78 is 0. The molecule has 2 atom stereocenters. The van der Waals surface area contributed by atoms with Crippen LogP contribution in [0, 0.1) is 20.8 Å². The van der Waals surface area contributed by atoms with Crippen LogP contribution < -0.4 is 0 Å². The molecule has 1 aliphatic rings. The molecule has 0 aliphatic heterocycles. The predicted molar refractivity (Wildman–Crippen MR) is 67.9 cm³/mol. The predicted octanol–water partition coefficient (Wildman–Crippen LogP) is 3.63. The monoisotopic (exact) mass is 218 g/mol. The van der Waals surface area contributed by atoms with E-state index in [2.05, 4.69) is 32.9 Å². The number of aryl methyl sites for hydroxylation is 3. The minimum atomic E-state index is -0.131. The van der Waals surface area contributed by atoms with Crippen molar-refractivity contribution in [2.45, 2.75) is 58.5 Å². The van der Waals surface area contributed by atoms with E-state index >= 15 is 0 Å². The average Bonchev–Trinajstić information content (AvgIpc) is 2.19. The Hall–Kier alpha value is -0.820. The minimum absolute atomic E-state index is 0.131. The van der Waals surface area contributed by atoms with Crippen LogP contribution in [0.3, 0.4) is 0 Å². The summed E-state index contributed by atoms with van der Waals surface area (Å²) >= 11 is 0. The number of hydrogen-bond acceptors (Lipinski definition) is 1. The van der Waals surface area contributed by atoms with Crippen LogP contribution in [0.1, 0.15) is 53.9 Å². The van der Waals surface area contributed by atoms with Gasteiger partial charge in [-0.1, -0.05) is 30.5 Å². The molecular weight excluding hydrogens is 196 g/mol. The maximum Gasteiger partial charge on any atom is 0.0608 e. The molecule has 1 aromatic rings. The molecule has 0 unspecified atom stereocenters. The first-order valence-corrected chi connectivity index (χ1v) is 6.35. The minimum Gasteiger partial charge on any atom is -0.392 e. The van der Waals surface area contributed by atoms with Crippen molar-refractivity contribution < 1.29 is 5.11 Å². The molecule has 0 spiro atoms. The van der Waals surface area contributed by atoms with Crippen molar-refractivity contribution in [3.05, 3.63) is 34.4 Å². The van der Waals surface area contributed by atoms with E-state index < -0.39 is 0 Å². The van der Waals surface area contributed by atoms with Crippen molar-refractivity contribution >= 4 is 0 Å². The third-order valence-corrected chi connectivity index (χ3v) is 3.84. The fourth-order valence-electron chi connectivity index (χ4n) is 3.22. The molecule has 1 fully saturated rings. The van der Waals surface area contributed by atoms with Gasteiger partial charge in [0, 0.05) is 5.92 Å². The van der Waals surface area contributed by atoms with Crippen molar-refractivity contribution in [1.29, 1.82) is 0 Å². The average molecular weight is 218 g/mol. The molecule has 1 saturated carbocycles. The molecule has 0 amide bonds. The van der Waals surface area contributed by atoms with Gasteiger partial charge in [0.1, 0.15) is 0 Å². The molecule has 1 aliphatic carbocycles. The SMILES string of the molecule is Cc1cc(C)c([C@@H]2CCCC[C@H]2O)c(C)c1. The second-order valence-corrected chi connectivity index (χ2v) is 5.27. The first-order chi connectivity index (χ1) is 7.59. The van der Waals surface area contributed by atoms with Gasteiger partial charge in [0.05, 0.1) is 6.10 Å². The quantitative estimate of drug-likeness (QED) is 0.763. The van der Waals surface area contributed by atoms with E-state index in [-0.39, 0.29) is 6.10 Å². The van der Waals surface area contributed by atoms with E-state index in [1.807, 2.05) is 0 Å². The summed E-state index contributed by atoms with van der Waals surface area (Å²) in [6, 6.07) is 4.48. The maximum absolute atomic E-state index is 10.1. The van der Waals surface area contributed by atoms with E-state index in [1.54, 1.807) is 0 Å². The molecule has 0 aromatic heterocycles. The summed E-state index contributed by atoms with van der Waals surface area (Å²) in [6.07, 6.45) is 4.42. The molecule has 0 saturated heterocycles. The van der Waals surface area contributed by atoms with Gasteiger partial charge in [-0.25, -0.2) is 0 Å². The van der Waals surface area contributed by atoms with Gasteiger partial charge in [0.25, 0.3) is 0 Å². The summed E-state index contributed by atoms with van der Waals surface area (Å²) in [5, 5.41) is 10.1. The van der Waals surface area contributed by atoms with Gasteiger partial charge in [-0.05, 0) is 50.3 Å². The molecule has 0 heterocycles. The Morgan fingerprint density at radius 2 is 1.56 bits per heavy atom. The molecule has 16 heavy (non-hydrogen) atoms. The Kier molecular flexibility index (Phi) is 3.34. The molecule has 0 radical (unpaired) electrons. The topological polar surface area (TPSA) is 20.2 Å². The summed E-state index contributed by atoms with van der Waals surface area (Å²) in [7, 11) is 0. The summed E-state index contributed by atoms with van der Waals surface area (Å²) in [4.78, 5) is 0. The van der Waals surface area contributed by atoms with Gasteiger partial charge in [0.15, 0.2) is 0 Å². The van der Waals surface area contributed by atoms with Crippen LogP contribution in [0.25, 0.3) is 0 Å². The maximum atomic E-state index is 10.1. The first-order valence-electron chi connectivity index (χ1n) is 6.35. The molecule has 1 N–H and O–H groups in total. The van der Waals surface area contributed by atoms with Gasteiger partial charge in [-0.2, -0.15) is 0 Å². The molecule has 88 valence electrons. The van der Waals surface area contributed by atoms with Crippen molar-refractivity contribution in [2.24, 2.45) is 0 Å². The standard InChI is InChI=1S/C15H22O/c1-10-8-11(2)15(12(3)9-10)13-6-4-5-7-14(13)16/h8-9,13-14,16H,4-7H2,1-3H3/t13-,14-/m1/s1. The number of rotatable bonds is 1. The lowest BCUT2D eigenvalue weighted by Crippen LogP contribution is -2.24. The number of hydrogen-bond donors (Lipinski definition) is 1. The molecule has 1 aromatic carbocycles. The van der Waals surface area contributed by atoms with E-state index in [0.717, 1.165) is 12.8 Å². The van der Waals surface area contributed by atoms with Crippen LogP contribution in [-0.4, -0.2) is 11.2 Å². The Morgan fingerprint density at radius 1 is 1.00 bits per heavy atom. The Labute approximate surface area is 98.5 Å². The summed E-state index contributed by atoms with van der Waals surface area (Å²) in [5.41, 5.74) is 5.42. The zero-order chi connectivity index (χ0) is 11.7. The van der Waals surface area contributed by atoms with Gasteiger partial charge < -0.3 is 5.11 Å². The molecule has 0 bridgehead atoms. The zero-order valence-electron chi connectivity index (χ0n) is 10.6. The van der Waals surface area contributed by atoms with E-state index in [0.29, 0.717) is 5.92 Å². The van der Waals surface area contributed by atoms with Crippen molar-refractivity contribution in [3.8, 4) is 0 Å². The highest BCUT2D eigenvalue weighted by molar-refractivity contribution is 5.40. The van der Waals surface area contributed by atoms with Crippen LogP contribution in [-0.2, 0) is 0 Å². The lowest BCUT2D eigenvalue weighted by molar-refractivity contribution is 0.106.